The molecule has 6 heteroatoms. The number of nitrogens with zero attached hydrogens (tertiary/aromatic N) is 2. The van der Waals surface area contributed by atoms with Gasteiger partial charge in [0.15, 0.2) is 0 Å². The molecule has 0 aliphatic carbocycles. The Morgan fingerprint density at radius 1 is 1.47 bits per heavy atom. The molecule has 5 nitrogen and oxygen atoms in total. The van der Waals surface area contributed by atoms with Crippen LogP contribution in [-0.4, -0.2) is 45.5 Å². The third-order valence-corrected chi connectivity index (χ3v) is 3.58. The van der Waals surface area contributed by atoms with Crippen LogP contribution in [0.2, 0.25) is 0 Å². The molecule has 1 rings (SSSR count). The zero-order valence-corrected chi connectivity index (χ0v) is 12.7. The van der Waals surface area contributed by atoms with Gasteiger partial charge in [0, 0.05) is 25.1 Å². The number of carbonyl (C=O) groups is 1. The summed E-state index contributed by atoms with van der Waals surface area (Å²) in [6.45, 7) is 6.99. The van der Waals surface area contributed by atoms with Gasteiger partial charge in [0.25, 0.3) is 5.91 Å². The minimum Gasteiger partial charge on any atom is -0.396 e. The monoisotopic (exact) mass is 285 g/mol. The van der Waals surface area contributed by atoms with Gasteiger partial charge in [-0.05, 0) is 32.9 Å². The molecule has 0 aliphatic heterocycles. The number of aromatic nitrogens is 2. The summed E-state index contributed by atoms with van der Waals surface area (Å²) in [4.78, 5) is 11.9. The minimum atomic E-state index is -0.112. The molecule has 0 saturated heterocycles. The van der Waals surface area contributed by atoms with Gasteiger partial charge in [-0.15, -0.1) is 0 Å². The van der Waals surface area contributed by atoms with Crippen molar-refractivity contribution in [3.8, 4) is 0 Å². The molecule has 0 spiro atoms. The molecule has 0 saturated carbocycles. The van der Waals surface area contributed by atoms with Gasteiger partial charge in [0.05, 0.1) is 17.3 Å². The predicted octanol–water partition coefficient (Wildman–Crippen LogP) is 1.48. The second kappa shape index (κ2) is 7.55. The summed E-state index contributed by atoms with van der Waals surface area (Å²) in [6.07, 6.45) is 4.17. The van der Waals surface area contributed by atoms with E-state index in [1.165, 1.54) is 0 Å². The minimum absolute atomic E-state index is 0.0849. The van der Waals surface area contributed by atoms with Crippen molar-refractivity contribution in [1.82, 2.24) is 15.1 Å². The summed E-state index contributed by atoms with van der Waals surface area (Å²) in [6, 6.07) is 0. The molecule has 0 radical (unpaired) electrons. The summed E-state index contributed by atoms with van der Waals surface area (Å²) in [5, 5.41) is 15.7. The summed E-state index contributed by atoms with van der Waals surface area (Å²) >= 11 is 1.73. The number of aliphatic hydroxyl groups excluding tert-OH is 1. The topological polar surface area (TPSA) is 67.2 Å². The molecule has 1 heterocycles. The molecule has 0 aliphatic rings. The quantitative estimate of drug-likeness (QED) is 0.745. The first-order valence-electron chi connectivity index (χ1n) is 6.47. The normalized spacial score (nSPS) is 11.6. The van der Waals surface area contributed by atoms with Gasteiger partial charge in [0.2, 0.25) is 0 Å². The third-order valence-electron chi connectivity index (χ3n) is 2.51. The number of thioether (sulfide) groups is 1. The van der Waals surface area contributed by atoms with E-state index in [9.17, 15) is 4.79 Å². The molecule has 0 atom stereocenters. The molecule has 19 heavy (non-hydrogen) atoms. The molecule has 1 amide bonds. The maximum absolute atomic E-state index is 11.9. The summed E-state index contributed by atoms with van der Waals surface area (Å²) in [7, 11) is 0. The largest absolute Gasteiger partial charge is 0.396 e. The molecule has 0 bridgehead atoms. The highest BCUT2D eigenvalue weighted by Crippen LogP contribution is 2.13. The number of aliphatic hydroxyl groups is 1. The van der Waals surface area contributed by atoms with E-state index in [1.54, 1.807) is 28.8 Å². The zero-order chi connectivity index (χ0) is 14.3. The highest BCUT2D eigenvalue weighted by Gasteiger charge is 2.16. The van der Waals surface area contributed by atoms with E-state index >= 15 is 0 Å². The lowest BCUT2D eigenvalue weighted by Gasteiger charge is -2.18. The van der Waals surface area contributed by atoms with Crippen LogP contribution in [0.1, 0.15) is 37.6 Å². The van der Waals surface area contributed by atoms with E-state index in [1.807, 2.05) is 20.8 Å². The summed E-state index contributed by atoms with van der Waals surface area (Å²) in [5.74, 6) is 1.70. The Kier molecular flexibility index (Phi) is 6.37. The molecule has 1 aromatic heterocycles. The van der Waals surface area contributed by atoms with Gasteiger partial charge in [-0.25, -0.2) is 0 Å². The second-order valence-corrected chi connectivity index (χ2v) is 6.51. The van der Waals surface area contributed by atoms with Gasteiger partial charge in [0.1, 0.15) is 0 Å². The van der Waals surface area contributed by atoms with E-state index in [0.29, 0.717) is 12.1 Å². The third kappa shape index (κ3) is 5.65. The SMILES string of the molecule is CC(C)(C)n1cc(C(=O)NCCSCCCO)cn1. The van der Waals surface area contributed by atoms with Crippen LogP contribution in [-0.2, 0) is 5.54 Å². The van der Waals surface area contributed by atoms with E-state index in [-0.39, 0.29) is 18.1 Å². The fraction of sp³-hybridized carbons (Fsp3) is 0.692. The first-order chi connectivity index (χ1) is 8.95. The Labute approximate surface area is 118 Å². The molecule has 1 aromatic rings. The highest BCUT2D eigenvalue weighted by molar-refractivity contribution is 7.99. The van der Waals surface area contributed by atoms with Gasteiger partial charge in [-0.2, -0.15) is 16.9 Å². The lowest BCUT2D eigenvalue weighted by atomic mass is 10.1. The molecule has 0 aromatic carbocycles. The molecular formula is C13H23N3O2S. The first-order valence-corrected chi connectivity index (χ1v) is 7.62. The maximum atomic E-state index is 11.9. The number of hydrogen-bond donors (Lipinski definition) is 2. The van der Waals surface area contributed by atoms with Crippen molar-refractivity contribution in [2.24, 2.45) is 0 Å². The van der Waals surface area contributed by atoms with Crippen LogP contribution in [0.3, 0.4) is 0 Å². The van der Waals surface area contributed by atoms with Gasteiger partial charge >= 0.3 is 0 Å². The lowest BCUT2D eigenvalue weighted by molar-refractivity contribution is 0.0956. The van der Waals surface area contributed by atoms with Crippen LogP contribution >= 0.6 is 11.8 Å². The number of rotatable bonds is 7. The van der Waals surface area contributed by atoms with Crippen LogP contribution in [0.5, 0.6) is 0 Å². The van der Waals surface area contributed by atoms with Crippen molar-refractivity contribution < 1.29 is 9.90 Å². The van der Waals surface area contributed by atoms with Crippen molar-refractivity contribution >= 4 is 17.7 Å². The molecule has 0 fully saturated rings. The van der Waals surface area contributed by atoms with Gasteiger partial charge < -0.3 is 10.4 Å². The van der Waals surface area contributed by atoms with Crippen molar-refractivity contribution in [3.05, 3.63) is 18.0 Å². The van der Waals surface area contributed by atoms with E-state index in [2.05, 4.69) is 10.4 Å². The van der Waals surface area contributed by atoms with E-state index < -0.39 is 0 Å². The standard InChI is InChI=1S/C13H23N3O2S/c1-13(2,3)16-10-11(9-15-16)12(18)14-5-8-19-7-4-6-17/h9-10,17H,4-8H2,1-3H3,(H,14,18). The average Bonchev–Trinajstić information content (AvgIpc) is 2.82. The Hall–Kier alpha value is -1.01. The highest BCUT2D eigenvalue weighted by atomic mass is 32.2. The smallest absolute Gasteiger partial charge is 0.254 e. The summed E-state index contributed by atoms with van der Waals surface area (Å²) < 4.78 is 1.79. The van der Waals surface area contributed by atoms with Gasteiger partial charge in [-0.3, -0.25) is 9.48 Å². The van der Waals surface area contributed by atoms with Crippen molar-refractivity contribution in [2.45, 2.75) is 32.7 Å². The van der Waals surface area contributed by atoms with Crippen molar-refractivity contribution in [3.63, 3.8) is 0 Å². The number of nitrogens with one attached hydrogen (secondary N) is 1. The number of carbonyl (C=O) groups excluding carboxylic acids is 1. The van der Waals surface area contributed by atoms with Gasteiger partial charge in [-0.1, -0.05) is 0 Å². The zero-order valence-electron chi connectivity index (χ0n) is 11.8. The average molecular weight is 285 g/mol. The first kappa shape index (κ1) is 16.0. The number of hydrogen-bond acceptors (Lipinski definition) is 4. The van der Waals surface area contributed by atoms with E-state index in [4.69, 9.17) is 5.11 Å². The Morgan fingerprint density at radius 2 is 2.21 bits per heavy atom. The fourth-order valence-electron chi connectivity index (χ4n) is 1.41. The van der Waals surface area contributed by atoms with Crippen LogP contribution in [0, 0.1) is 0 Å². The van der Waals surface area contributed by atoms with Crippen LogP contribution in [0.25, 0.3) is 0 Å². The van der Waals surface area contributed by atoms with Crippen LogP contribution < -0.4 is 5.32 Å². The maximum Gasteiger partial charge on any atom is 0.254 e. The van der Waals surface area contributed by atoms with Crippen LogP contribution in [0.15, 0.2) is 12.4 Å². The van der Waals surface area contributed by atoms with Crippen molar-refractivity contribution in [2.75, 3.05) is 24.7 Å². The predicted molar refractivity (Wildman–Crippen MR) is 78.6 cm³/mol. The van der Waals surface area contributed by atoms with E-state index in [0.717, 1.165) is 17.9 Å². The Bertz CT molecular complexity index is 399. The summed E-state index contributed by atoms with van der Waals surface area (Å²) in [5.41, 5.74) is 0.480. The molecule has 108 valence electrons. The van der Waals surface area contributed by atoms with Crippen molar-refractivity contribution in [1.29, 1.82) is 0 Å². The second-order valence-electron chi connectivity index (χ2n) is 5.29. The van der Waals surface area contributed by atoms with Crippen LogP contribution in [0.4, 0.5) is 0 Å². The molecular weight excluding hydrogens is 262 g/mol. The molecule has 0 unspecified atom stereocenters. The Morgan fingerprint density at radius 3 is 2.79 bits per heavy atom. The lowest BCUT2D eigenvalue weighted by Crippen LogP contribution is -2.26. The molecule has 2 N–H and O–H groups in total. The fourth-order valence-corrected chi connectivity index (χ4v) is 2.20. The number of amides is 1. The Balaban J connectivity index is 2.32.